The van der Waals surface area contributed by atoms with E-state index >= 15 is 0 Å². The van der Waals surface area contributed by atoms with Gasteiger partial charge in [0.25, 0.3) is 0 Å². The molecule has 2 saturated heterocycles. The van der Waals surface area contributed by atoms with Crippen molar-refractivity contribution in [3.8, 4) is 5.75 Å². The van der Waals surface area contributed by atoms with E-state index in [0.29, 0.717) is 10.9 Å². The van der Waals surface area contributed by atoms with Gasteiger partial charge in [-0.3, -0.25) is 0 Å². The van der Waals surface area contributed by atoms with Gasteiger partial charge in [-0.05, 0) is 12.1 Å². The van der Waals surface area contributed by atoms with Gasteiger partial charge in [0, 0.05) is 11.6 Å². The van der Waals surface area contributed by atoms with E-state index in [-0.39, 0.29) is 5.75 Å². The van der Waals surface area contributed by atoms with Crippen LogP contribution in [0.5, 0.6) is 5.75 Å². The number of nitrogens with zero attached hydrogens (tertiary/aromatic N) is 1. The van der Waals surface area contributed by atoms with E-state index in [9.17, 15) is 40.9 Å². The van der Waals surface area contributed by atoms with Crippen LogP contribution in [0.15, 0.2) is 30.5 Å². The average molecular weight is 457 g/mol. The van der Waals surface area contributed by atoms with E-state index in [0.717, 1.165) is 0 Å². The van der Waals surface area contributed by atoms with Crippen molar-refractivity contribution >= 4 is 10.9 Å². The number of benzene rings is 1. The van der Waals surface area contributed by atoms with E-state index in [1.54, 1.807) is 24.3 Å². The van der Waals surface area contributed by atoms with Crippen LogP contribution in [0.3, 0.4) is 0 Å². The Labute approximate surface area is 182 Å². The van der Waals surface area contributed by atoms with Gasteiger partial charge in [-0.1, -0.05) is 12.1 Å². The minimum Gasteiger partial charge on any atom is -0.460 e. The Morgan fingerprint density at radius 3 is 2.00 bits per heavy atom. The molecule has 0 spiro atoms. The Balaban J connectivity index is 1.68. The summed E-state index contributed by atoms with van der Waals surface area (Å²) in [7, 11) is 0. The minimum atomic E-state index is -1.62. The molecule has 2 aromatic rings. The third kappa shape index (κ3) is 3.88. The first-order chi connectivity index (χ1) is 15.3. The van der Waals surface area contributed by atoms with E-state index < -0.39 is 74.6 Å². The van der Waals surface area contributed by atoms with Crippen LogP contribution in [0, 0.1) is 0 Å². The molecule has 178 valence electrons. The van der Waals surface area contributed by atoms with Gasteiger partial charge >= 0.3 is 0 Å². The molecule has 1 aromatic heterocycles. The molecule has 2 fully saturated rings. The minimum absolute atomic E-state index is 0.155. The van der Waals surface area contributed by atoms with Crippen molar-refractivity contribution in [1.29, 1.82) is 0 Å². The summed E-state index contributed by atoms with van der Waals surface area (Å²) >= 11 is 0. The Bertz CT molecular complexity index is 918. The Hall–Kier alpha value is -1.84. The third-order valence-corrected chi connectivity index (χ3v) is 5.94. The third-order valence-electron chi connectivity index (χ3n) is 5.94. The highest BCUT2D eigenvalue weighted by Gasteiger charge is 2.46. The molecule has 0 amide bonds. The zero-order valence-corrected chi connectivity index (χ0v) is 16.8. The topological polar surface area (TPSA) is 194 Å². The number of hydrogen-bond donors (Lipinski definition) is 8. The van der Waals surface area contributed by atoms with Crippen LogP contribution in [-0.4, -0.2) is 114 Å². The number of aromatic nitrogens is 1. The van der Waals surface area contributed by atoms with Crippen LogP contribution in [0.25, 0.3) is 10.9 Å². The summed E-state index contributed by atoms with van der Waals surface area (Å²) in [6.07, 6.45) is -12.9. The molecule has 10 atom stereocenters. The number of hydrogen-bond acceptors (Lipinski definition) is 11. The Morgan fingerprint density at radius 1 is 0.750 bits per heavy atom. The molecule has 2 aliphatic rings. The van der Waals surface area contributed by atoms with E-state index in [4.69, 9.17) is 14.2 Å². The highest BCUT2D eigenvalue weighted by molar-refractivity contribution is 5.87. The number of para-hydroxylation sites is 1. The van der Waals surface area contributed by atoms with Crippen molar-refractivity contribution in [2.45, 2.75) is 61.3 Å². The fourth-order valence-corrected chi connectivity index (χ4v) is 4.08. The summed E-state index contributed by atoms with van der Waals surface area (Å²) in [5, 5.41) is 80.3. The van der Waals surface area contributed by atoms with E-state index in [1.807, 2.05) is 0 Å². The smallest absolute Gasteiger partial charge is 0.229 e. The average Bonchev–Trinajstić information content (AvgIpc) is 3.16. The second kappa shape index (κ2) is 9.19. The second-order valence-corrected chi connectivity index (χ2v) is 7.95. The van der Waals surface area contributed by atoms with Crippen LogP contribution in [0.1, 0.15) is 6.23 Å². The van der Waals surface area contributed by atoms with Crippen molar-refractivity contribution in [2.24, 2.45) is 0 Å². The summed E-state index contributed by atoms with van der Waals surface area (Å²) in [5.74, 6) is 0.155. The van der Waals surface area contributed by atoms with Crippen LogP contribution < -0.4 is 4.74 Å². The monoisotopic (exact) mass is 457 g/mol. The lowest BCUT2D eigenvalue weighted by Crippen LogP contribution is -2.60. The van der Waals surface area contributed by atoms with Crippen molar-refractivity contribution in [1.82, 2.24) is 4.57 Å². The molecular weight excluding hydrogens is 430 g/mol. The summed E-state index contributed by atoms with van der Waals surface area (Å²) in [4.78, 5) is 0. The summed E-state index contributed by atoms with van der Waals surface area (Å²) < 4.78 is 18.2. The summed E-state index contributed by atoms with van der Waals surface area (Å²) in [6.45, 7) is -1.20. The standard InChI is InChI=1S/C20H27NO11/c22-6-11-13(24)15(26)17(28)19(30-11)21-5-10(8-3-1-2-4-9(8)21)31-20-18(29)16(27)14(25)12(7-23)32-20/h1-5,11-20,22-29H,6-7H2/t11-,12+,13+,14+,15-,16-,17-,18+,19-,20+/m0/s1. The molecule has 4 rings (SSSR count). The number of aliphatic hydroxyl groups is 8. The lowest BCUT2D eigenvalue weighted by Gasteiger charge is -2.40. The van der Waals surface area contributed by atoms with E-state index in [1.165, 1.54) is 10.8 Å². The van der Waals surface area contributed by atoms with Crippen LogP contribution in [0.2, 0.25) is 0 Å². The number of ether oxygens (including phenoxy) is 3. The lowest BCUT2D eigenvalue weighted by molar-refractivity contribution is -0.277. The molecule has 12 heteroatoms. The molecule has 0 saturated carbocycles. The SMILES string of the molecule is OC[C@@H]1O[C@H](n2cc(O[C@@H]3O[C@H](CO)[C@@H](O)[C@H](O)[C@H]3O)c3ccccc32)[C@@H](O)[C@@H](O)[C@@H]1O. The van der Waals surface area contributed by atoms with E-state index in [2.05, 4.69) is 0 Å². The molecule has 2 aliphatic heterocycles. The highest BCUT2D eigenvalue weighted by Crippen LogP contribution is 2.37. The maximum absolute atomic E-state index is 10.5. The maximum atomic E-state index is 10.5. The molecule has 0 aliphatic carbocycles. The van der Waals surface area contributed by atoms with Gasteiger partial charge < -0.3 is 59.6 Å². The molecule has 1 aromatic carbocycles. The summed E-state index contributed by atoms with van der Waals surface area (Å²) in [5.41, 5.74) is 0.497. The van der Waals surface area contributed by atoms with Gasteiger partial charge in [0.2, 0.25) is 6.29 Å². The fraction of sp³-hybridized carbons (Fsp3) is 0.600. The van der Waals surface area contributed by atoms with Gasteiger partial charge in [-0.25, -0.2) is 0 Å². The Morgan fingerprint density at radius 2 is 1.34 bits per heavy atom. The lowest BCUT2D eigenvalue weighted by atomic mass is 9.98. The highest BCUT2D eigenvalue weighted by atomic mass is 16.7. The maximum Gasteiger partial charge on any atom is 0.229 e. The number of fused-ring (bicyclic) bond motifs is 1. The molecular formula is C20H27NO11. The van der Waals surface area contributed by atoms with Crippen molar-refractivity contribution < 1.29 is 55.1 Å². The van der Waals surface area contributed by atoms with Gasteiger partial charge in [-0.15, -0.1) is 0 Å². The van der Waals surface area contributed by atoms with Crippen LogP contribution in [0.4, 0.5) is 0 Å². The normalized spacial score (nSPS) is 40.5. The number of rotatable bonds is 5. The molecule has 8 N–H and O–H groups in total. The quantitative estimate of drug-likeness (QED) is 0.225. The zero-order chi connectivity index (χ0) is 23.2. The first-order valence-corrected chi connectivity index (χ1v) is 10.2. The molecule has 0 radical (unpaired) electrons. The molecule has 32 heavy (non-hydrogen) atoms. The van der Waals surface area contributed by atoms with Gasteiger partial charge in [0.15, 0.2) is 6.23 Å². The van der Waals surface area contributed by atoms with Crippen LogP contribution in [-0.2, 0) is 9.47 Å². The van der Waals surface area contributed by atoms with Crippen molar-refractivity contribution in [3.05, 3.63) is 30.5 Å². The first kappa shape index (κ1) is 23.3. The largest absolute Gasteiger partial charge is 0.460 e. The fourth-order valence-electron chi connectivity index (χ4n) is 4.08. The summed E-state index contributed by atoms with van der Waals surface area (Å²) in [6, 6.07) is 6.77. The Kier molecular flexibility index (Phi) is 6.70. The van der Waals surface area contributed by atoms with Crippen LogP contribution >= 0.6 is 0 Å². The van der Waals surface area contributed by atoms with Gasteiger partial charge in [-0.2, -0.15) is 0 Å². The molecule has 3 heterocycles. The molecule has 12 nitrogen and oxygen atoms in total. The first-order valence-electron chi connectivity index (χ1n) is 10.2. The van der Waals surface area contributed by atoms with Gasteiger partial charge in [0.1, 0.15) is 54.6 Å². The van der Waals surface area contributed by atoms with Gasteiger partial charge in [0.05, 0.1) is 18.7 Å². The number of aliphatic hydroxyl groups excluding tert-OH is 8. The molecule has 0 unspecified atom stereocenters. The zero-order valence-electron chi connectivity index (χ0n) is 16.8. The molecule has 0 bridgehead atoms. The van der Waals surface area contributed by atoms with Crippen molar-refractivity contribution in [2.75, 3.05) is 13.2 Å². The van der Waals surface area contributed by atoms with Crippen molar-refractivity contribution in [3.63, 3.8) is 0 Å². The second-order valence-electron chi connectivity index (χ2n) is 7.95. The predicted molar refractivity (Wildman–Crippen MR) is 105 cm³/mol. The predicted octanol–water partition coefficient (Wildman–Crippen LogP) is -3.21.